The standard InChI is InChI=1S/C12H17N3S/c1-8-7-10(16-9(8)2)11(13-3)12-14-5-6-15(12)4/h5-7,11,13H,1-4H3. The van der Waals surface area contributed by atoms with Gasteiger partial charge in [-0.1, -0.05) is 0 Å². The fraction of sp³-hybridized carbons (Fsp3) is 0.417. The highest BCUT2D eigenvalue weighted by atomic mass is 32.1. The number of hydrogen-bond acceptors (Lipinski definition) is 3. The van der Waals surface area contributed by atoms with Crippen LogP contribution < -0.4 is 5.32 Å². The summed E-state index contributed by atoms with van der Waals surface area (Å²) in [5, 5.41) is 3.33. The van der Waals surface area contributed by atoms with Crippen LogP contribution in [-0.2, 0) is 7.05 Å². The Balaban J connectivity index is 2.40. The third-order valence-electron chi connectivity index (χ3n) is 2.87. The van der Waals surface area contributed by atoms with Gasteiger partial charge in [-0.25, -0.2) is 4.98 Å². The van der Waals surface area contributed by atoms with E-state index >= 15 is 0 Å². The zero-order valence-corrected chi connectivity index (χ0v) is 10.9. The summed E-state index contributed by atoms with van der Waals surface area (Å²) in [7, 11) is 4.00. The molecule has 86 valence electrons. The molecule has 3 nitrogen and oxygen atoms in total. The molecule has 0 saturated carbocycles. The Bertz CT molecular complexity index is 465. The van der Waals surface area contributed by atoms with Gasteiger partial charge in [0.1, 0.15) is 11.9 Å². The maximum atomic E-state index is 4.41. The van der Waals surface area contributed by atoms with Crippen LogP contribution in [-0.4, -0.2) is 16.6 Å². The Labute approximate surface area is 100 Å². The van der Waals surface area contributed by atoms with Crippen molar-refractivity contribution in [3.05, 3.63) is 39.6 Å². The van der Waals surface area contributed by atoms with E-state index < -0.39 is 0 Å². The number of nitrogens with zero attached hydrogens (tertiary/aromatic N) is 2. The van der Waals surface area contributed by atoms with Crippen LogP contribution in [0.5, 0.6) is 0 Å². The van der Waals surface area contributed by atoms with Crippen LogP contribution in [0, 0.1) is 13.8 Å². The summed E-state index contributed by atoms with van der Waals surface area (Å²) in [5.74, 6) is 1.06. The minimum absolute atomic E-state index is 0.192. The fourth-order valence-electron chi connectivity index (χ4n) is 1.80. The van der Waals surface area contributed by atoms with E-state index in [1.165, 1.54) is 15.3 Å². The molecule has 2 heterocycles. The van der Waals surface area contributed by atoms with Gasteiger partial charge in [-0.2, -0.15) is 0 Å². The van der Waals surface area contributed by atoms with Crippen LogP contribution in [0.25, 0.3) is 0 Å². The topological polar surface area (TPSA) is 29.9 Å². The second-order valence-corrected chi connectivity index (χ2v) is 5.29. The molecule has 2 aromatic rings. The van der Waals surface area contributed by atoms with Gasteiger partial charge in [0, 0.05) is 29.2 Å². The van der Waals surface area contributed by atoms with E-state index in [2.05, 4.69) is 34.8 Å². The number of rotatable bonds is 3. The average Bonchev–Trinajstić information content (AvgIpc) is 2.78. The first-order valence-corrected chi connectivity index (χ1v) is 6.16. The Morgan fingerprint density at radius 3 is 2.62 bits per heavy atom. The number of thiophene rings is 1. The van der Waals surface area contributed by atoms with Crippen molar-refractivity contribution < 1.29 is 0 Å². The summed E-state index contributed by atoms with van der Waals surface area (Å²) in [5.41, 5.74) is 1.36. The Hall–Kier alpha value is -1.13. The van der Waals surface area contributed by atoms with Gasteiger partial charge in [0.25, 0.3) is 0 Å². The monoisotopic (exact) mass is 235 g/mol. The van der Waals surface area contributed by atoms with Crippen LogP contribution in [0.1, 0.15) is 27.2 Å². The molecule has 1 atom stereocenters. The van der Waals surface area contributed by atoms with Crippen LogP contribution >= 0.6 is 11.3 Å². The van der Waals surface area contributed by atoms with Gasteiger partial charge in [0.15, 0.2) is 0 Å². The molecule has 2 aromatic heterocycles. The summed E-state index contributed by atoms with van der Waals surface area (Å²) >= 11 is 1.84. The zero-order valence-electron chi connectivity index (χ0n) is 10.1. The summed E-state index contributed by atoms with van der Waals surface area (Å²) < 4.78 is 2.06. The number of nitrogens with one attached hydrogen (secondary N) is 1. The average molecular weight is 235 g/mol. The molecule has 0 spiro atoms. The van der Waals surface area contributed by atoms with E-state index in [0.717, 1.165) is 5.82 Å². The van der Waals surface area contributed by atoms with Gasteiger partial charge in [0.05, 0.1) is 0 Å². The molecule has 16 heavy (non-hydrogen) atoms. The van der Waals surface area contributed by atoms with Crippen LogP contribution in [0.15, 0.2) is 18.5 Å². The van der Waals surface area contributed by atoms with Crippen molar-refractivity contribution >= 4 is 11.3 Å². The number of aromatic nitrogens is 2. The highest BCUT2D eigenvalue weighted by Gasteiger charge is 2.18. The number of hydrogen-bond donors (Lipinski definition) is 1. The van der Waals surface area contributed by atoms with Crippen molar-refractivity contribution in [1.82, 2.24) is 14.9 Å². The van der Waals surface area contributed by atoms with E-state index in [0.29, 0.717) is 0 Å². The molecule has 1 N–H and O–H groups in total. The molecule has 0 fully saturated rings. The van der Waals surface area contributed by atoms with E-state index in [1.807, 2.05) is 37.8 Å². The van der Waals surface area contributed by atoms with Crippen LogP contribution in [0.3, 0.4) is 0 Å². The highest BCUT2D eigenvalue weighted by Crippen LogP contribution is 2.29. The molecule has 0 aliphatic carbocycles. The quantitative estimate of drug-likeness (QED) is 0.885. The van der Waals surface area contributed by atoms with Crippen molar-refractivity contribution in [2.75, 3.05) is 7.05 Å². The lowest BCUT2D eigenvalue weighted by Crippen LogP contribution is -2.20. The lowest BCUT2D eigenvalue weighted by Gasteiger charge is -2.14. The second kappa shape index (κ2) is 4.39. The predicted octanol–water partition coefficient (Wildman–Crippen LogP) is 2.41. The Morgan fingerprint density at radius 2 is 2.19 bits per heavy atom. The van der Waals surface area contributed by atoms with Crippen molar-refractivity contribution in [2.24, 2.45) is 7.05 Å². The summed E-state index contributed by atoms with van der Waals surface area (Å²) in [6.07, 6.45) is 3.82. The molecule has 0 bridgehead atoms. The molecule has 0 saturated heterocycles. The minimum Gasteiger partial charge on any atom is -0.336 e. The van der Waals surface area contributed by atoms with Crippen molar-refractivity contribution in [3.63, 3.8) is 0 Å². The minimum atomic E-state index is 0.192. The molecular formula is C12H17N3S. The van der Waals surface area contributed by atoms with Crippen LogP contribution in [0.2, 0.25) is 0 Å². The molecule has 4 heteroatoms. The van der Waals surface area contributed by atoms with Gasteiger partial charge >= 0.3 is 0 Å². The third-order valence-corrected chi connectivity index (χ3v) is 4.09. The molecule has 0 aliphatic rings. The highest BCUT2D eigenvalue weighted by molar-refractivity contribution is 7.12. The normalized spacial score (nSPS) is 13.0. The lowest BCUT2D eigenvalue weighted by atomic mass is 10.2. The summed E-state index contributed by atoms with van der Waals surface area (Å²) in [6, 6.07) is 2.44. The smallest absolute Gasteiger partial charge is 0.131 e. The predicted molar refractivity (Wildman–Crippen MR) is 67.9 cm³/mol. The molecule has 0 amide bonds. The van der Waals surface area contributed by atoms with Gasteiger partial charge in [0.2, 0.25) is 0 Å². The van der Waals surface area contributed by atoms with Crippen molar-refractivity contribution in [3.8, 4) is 0 Å². The third kappa shape index (κ3) is 1.90. The Morgan fingerprint density at radius 1 is 1.44 bits per heavy atom. The van der Waals surface area contributed by atoms with E-state index in [1.54, 1.807) is 0 Å². The maximum absolute atomic E-state index is 4.41. The maximum Gasteiger partial charge on any atom is 0.131 e. The van der Waals surface area contributed by atoms with E-state index in [-0.39, 0.29) is 6.04 Å². The van der Waals surface area contributed by atoms with Gasteiger partial charge in [-0.3, -0.25) is 0 Å². The summed E-state index contributed by atoms with van der Waals surface area (Å²) in [6.45, 7) is 4.31. The van der Waals surface area contributed by atoms with Gasteiger partial charge < -0.3 is 9.88 Å². The van der Waals surface area contributed by atoms with Gasteiger partial charge in [-0.15, -0.1) is 11.3 Å². The fourth-order valence-corrected chi connectivity index (χ4v) is 2.95. The lowest BCUT2D eigenvalue weighted by molar-refractivity contribution is 0.626. The molecule has 0 radical (unpaired) electrons. The first kappa shape index (κ1) is 11.4. The molecule has 1 unspecified atom stereocenters. The molecule has 2 rings (SSSR count). The summed E-state index contributed by atoms with van der Waals surface area (Å²) in [4.78, 5) is 7.11. The number of aryl methyl sites for hydroxylation is 3. The molecule has 0 aliphatic heterocycles. The van der Waals surface area contributed by atoms with Crippen molar-refractivity contribution in [2.45, 2.75) is 19.9 Å². The Kier molecular flexibility index (Phi) is 3.12. The largest absolute Gasteiger partial charge is 0.336 e. The SMILES string of the molecule is CNC(c1cc(C)c(C)s1)c1nccn1C. The molecule has 0 aromatic carbocycles. The number of imidazole rings is 1. The van der Waals surface area contributed by atoms with Crippen molar-refractivity contribution in [1.29, 1.82) is 0 Å². The van der Waals surface area contributed by atoms with E-state index in [9.17, 15) is 0 Å². The molecular weight excluding hydrogens is 218 g/mol. The first-order valence-electron chi connectivity index (χ1n) is 5.35. The van der Waals surface area contributed by atoms with Crippen LogP contribution in [0.4, 0.5) is 0 Å². The van der Waals surface area contributed by atoms with E-state index in [4.69, 9.17) is 0 Å². The zero-order chi connectivity index (χ0) is 11.7. The van der Waals surface area contributed by atoms with Gasteiger partial charge in [-0.05, 0) is 32.5 Å². The second-order valence-electron chi connectivity index (χ2n) is 4.01. The first-order chi connectivity index (χ1) is 7.63.